The van der Waals surface area contributed by atoms with Gasteiger partial charge in [-0.3, -0.25) is 9.52 Å². The van der Waals surface area contributed by atoms with Gasteiger partial charge in [-0.1, -0.05) is 0 Å². The SMILES string of the molecule is CCOC(=O)CS(=O)(=O)Nc1ccc(-c2nnc(-c3cc4ccoc4c(N4CCC(F)(F)CC4)n3)o2)c(N2CCC3(CC2)CC3)c1. The third kappa shape index (κ3) is 6.24. The average molecular weight is 657 g/mol. The molecule has 46 heavy (non-hydrogen) atoms. The van der Waals surface area contributed by atoms with Gasteiger partial charge < -0.3 is 23.4 Å². The number of nitrogens with zero attached hydrogens (tertiary/aromatic N) is 5. The zero-order chi connectivity index (χ0) is 32.1. The number of sulfonamides is 1. The number of benzene rings is 1. The third-order valence-corrected chi connectivity index (χ3v) is 10.3. The van der Waals surface area contributed by atoms with E-state index in [2.05, 4.69) is 19.8 Å². The first kappa shape index (κ1) is 30.4. The largest absolute Gasteiger partial charge is 0.465 e. The Bertz CT molecular complexity index is 1870. The summed E-state index contributed by atoms with van der Waals surface area (Å²) in [6.07, 6.45) is 5.48. The van der Waals surface area contributed by atoms with E-state index in [4.69, 9.17) is 18.6 Å². The van der Waals surface area contributed by atoms with E-state index >= 15 is 0 Å². The fourth-order valence-corrected chi connectivity index (χ4v) is 7.23. The minimum Gasteiger partial charge on any atom is -0.465 e. The molecule has 3 aliphatic rings. The monoisotopic (exact) mass is 656 g/mol. The molecule has 1 N–H and O–H groups in total. The number of nitrogens with one attached hydrogen (secondary N) is 1. The van der Waals surface area contributed by atoms with E-state index in [1.165, 1.54) is 19.1 Å². The van der Waals surface area contributed by atoms with Crippen molar-refractivity contribution >= 4 is 44.2 Å². The van der Waals surface area contributed by atoms with E-state index in [0.717, 1.165) is 37.0 Å². The highest BCUT2D eigenvalue weighted by Gasteiger charge is 2.44. The Kier molecular flexibility index (Phi) is 7.60. The molecule has 15 heteroatoms. The number of furan rings is 1. The van der Waals surface area contributed by atoms with Gasteiger partial charge in [-0.2, -0.15) is 0 Å². The Morgan fingerprint density at radius 3 is 2.41 bits per heavy atom. The lowest BCUT2D eigenvalue weighted by Gasteiger charge is -2.35. The number of anilines is 3. The smallest absolute Gasteiger partial charge is 0.323 e. The molecule has 2 aliphatic heterocycles. The van der Waals surface area contributed by atoms with Crippen LogP contribution in [-0.2, 0) is 19.6 Å². The van der Waals surface area contributed by atoms with E-state index in [9.17, 15) is 22.0 Å². The molecular weight excluding hydrogens is 622 g/mol. The van der Waals surface area contributed by atoms with Crippen molar-refractivity contribution in [3.8, 4) is 23.0 Å². The molecule has 12 nitrogen and oxygen atoms in total. The molecule has 2 saturated heterocycles. The fraction of sp³-hybridized carbons (Fsp3) is 0.484. The molecule has 1 aliphatic carbocycles. The molecule has 4 aromatic rings. The second kappa shape index (κ2) is 11.5. The van der Waals surface area contributed by atoms with Crippen LogP contribution >= 0.6 is 0 Å². The third-order valence-electron chi connectivity index (χ3n) is 9.09. The Labute approximate surface area is 264 Å². The number of fused-ring (bicyclic) bond motifs is 1. The van der Waals surface area contributed by atoms with Gasteiger partial charge in [-0.15, -0.1) is 10.2 Å². The van der Waals surface area contributed by atoms with Gasteiger partial charge in [-0.05, 0) is 68.4 Å². The number of aromatic nitrogens is 3. The number of carbonyl (C=O) groups excluding carboxylic acids is 1. The van der Waals surface area contributed by atoms with Gasteiger partial charge in [-0.25, -0.2) is 22.2 Å². The predicted octanol–water partition coefficient (Wildman–Crippen LogP) is 5.47. The normalized spacial score (nSPS) is 19.0. The van der Waals surface area contributed by atoms with Crippen LogP contribution in [0.25, 0.3) is 34.0 Å². The van der Waals surface area contributed by atoms with Crippen molar-refractivity contribution in [3.05, 3.63) is 36.6 Å². The summed E-state index contributed by atoms with van der Waals surface area (Å²) in [5.41, 5.74) is 2.90. The highest BCUT2D eigenvalue weighted by Crippen LogP contribution is 2.54. The summed E-state index contributed by atoms with van der Waals surface area (Å²) in [5, 5.41) is 9.34. The maximum Gasteiger partial charge on any atom is 0.323 e. The summed E-state index contributed by atoms with van der Waals surface area (Å²) in [4.78, 5) is 20.5. The number of hydrogen-bond acceptors (Lipinski definition) is 11. The first-order valence-corrected chi connectivity index (χ1v) is 17.1. The van der Waals surface area contributed by atoms with Gasteiger partial charge >= 0.3 is 5.97 Å². The zero-order valence-electron chi connectivity index (χ0n) is 25.3. The number of alkyl halides is 2. The Balaban J connectivity index is 1.20. The number of halogens is 2. The summed E-state index contributed by atoms with van der Waals surface area (Å²) in [6.45, 7) is 3.52. The van der Waals surface area contributed by atoms with E-state index in [-0.39, 0.29) is 44.3 Å². The van der Waals surface area contributed by atoms with Crippen LogP contribution in [-0.4, -0.2) is 74.0 Å². The van der Waals surface area contributed by atoms with Crippen molar-refractivity contribution in [2.75, 3.05) is 53.1 Å². The van der Waals surface area contributed by atoms with Crippen molar-refractivity contribution in [2.24, 2.45) is 5.41 Å². The molecule has 7 rings (SSSR count). The van der Waals surface area contributed by atoms with Crippen molar-refractivity contribution in [1.82, 2.24) is 15.2 Å². The molecule has 244 valence electrons. The summed E-state index contributed by atoms with van der Waals surface area (Å²) >= 11 is 0. The topological polar surface area (TPSA) is 144 Å². The molecule has 5 heterocycles. The number of carbonyl (C=O) groups is 1. The van der Waals surface area contributed by atoms with Crippen LogP contribution in [0.15, 0.2) is 45.4 Å². The second-order valence-electron chi connectivity index (χ2n) is 12.3. The molecule has 1 spiro atoms. The van der Waals surface area contributed by atoms with Crippen molar-refractivity contribution in [1.29, 1.82) is 0 Å². The maximum absolute atomic E-state index is 13.9. The molecular formula is C31H34F2N6O6S. The fourth-order valence-electron chi connectivity index (χ4n) is 6.27. The first-order chi connectivity index (χ1) is 22.0. The van der Waals surface area contributed by atoms with Crippen LogP contribution in [0.1, 0.15) is 45.4 Å². The molecule has 3 aromatic heterocycles. The van der Waals surface area contributed by atoms with Gasteiger partial charge in [0, 0.05) is 44.4 Å². The first-order valence-electron chi connectivity index (χ1n) is 15.4. The van der Waals surface area contributed by atoms with E-state index in [0.29, 0.717) is 33.8 Å². The Hall–Kier alpha value is -4.27. The number of piperidine rings is 2. The number of ether oxygens (including phenoxy) is 1. The Morgan fingerprint density at radius 2 is 1.70 bits per heavy atom. The molecule has 0 unspecified atom stereocenters. The predicted molar refractivity (Wildman–Crippen MR) is 166 cm³/mol. The van der Waals surface area contributed by atoms with Crippen molar-refractivity contribution in [2.45, 2.75) is 51.4 Å². The second-order valence-corrected chi connectivity index (χ2v) is 14.0. The lowest BCUT2D eigenvalue weighted by molar-refractivity contribution is -0.139. The van der Waals surface area contributed by atoms with Gasteiger partial charge in [0.05, 0.1) is 29.8 Å². The minimum atomic E-state index is -4.01. The molecule has 3 fully saturated rings. The molecule has 0 bridgehead atoms. The number of hydrogen-bond donors (Lipinski definition) is 1. The highest BCUT2D eigenvalue weighted by atomic mass is 32.2. The standard InChI is InChI=1S/C31H34F2N6O6S/c1-2-43-25(40)19-46(41,42)37-21-3-4-22(24(18-21)38-12-8-30(6-7-30)9-13-38)28-35-36-29(45-28)23-17-20-5-16-44-26(20)27(34-23)39-14-10-31(32,33)11-15-39/h3-5,16-18,37H,2,6-15,19H2,1H3. The van der Waals surface area contributed by atoms with Crippen LogP contribution in [0, 0.1) is 5.41 Å². The highest BCUT2D eigenvalue weighted by molar-refractivity contribution is 7.93. The van der Waals surface area contributed by atoms with Crippen LogP contribution in [0.4, 0.5) is 26.0 Å². The lowest BCUT2D eigenvalue weighted by atomic mass is 9.93. The molecule has 0 amide bonds. The summed E-state index contributed by atoms with van der Waals surface area (Å²) < 4.78 is 72.3. The average Bonchev–Trinajstić information content (AvgIpc) is 3.38. The molecule has 0 radical (unpaired) electrons. The zero-order valence-corrected chi connectivity index (χ0v) is 26.1. The number of pyridine rings is 1. The van der Waals surface area contributed by atoms with Crippen molar-refractivity contribution in [3.63, 3.8) is 0 Å². The summed E-state index contributed by atoms with van der Waals surface area (Å²) in [6, 6.07) is 8.52. The van der Waals surface area contributed by atoms with Crippen LogP contribution in [0.2, 0.25) is 0 Å². The van der Waals surface area contributed by atoms with Gasteiger partial charge in [0.2, 0.25) is 15.9 Å². The van der Waals surface area contributed by atoms with Gasteiger partial charge in [0.15, 0.2) is 17.2 Å². The number of esters is 1. The summed E-state index contributed by atoms with van der Waals surface area (Å²) in [5.74, 6) is -3.55. The van der Waals surface area contributed by atoms with Crippen LogP contribution in [0.3, 0.4) is 0 Å². The van der Waals surface area contributed by atoms with Crippen LogP contribution < -0.4 is 14.5 Å². The van der Waals surface area contributed by atoms with E-state index in [1.807, 2.05) is 0 Å². The Morgan fingerprint density at radius 1 is 0.978 bits per heavy atom. The maximum atomic E-state index is 13.9. The van der Waals surface area contributed by atoms with E-state index in [1.54, 1.807) is 42.2 Å². The molecule has 1 saturated carbocycles. The van der Waals surface area contributed by atoms with E-state index < -0.39 is 27.7 Å². The number of rotatable bonds is 9. The molecule has 0 atom stereocenters. The van der Waals surface area contributed by atoms with Crippen molar-refractivity contribution < 1.29 is 35.6 Å². The lowest BCUT2D eigenvalue weighted by Crippen LogP contribution is -2.39. The quantitative estimate of drug-likeness (QED) is 0.229. The minimum absolute atomic E-state index is 0.0831. The van der Waals surface area contributed by atoms with Gasteiger partial charge in [0.1, 0.15) is 5.69 Å². The summed E-state index contributed by atoms with van der Waals surface area (Å²) in [7, 11) is -4.01. The molecule has 1 aromatic carbocycles. The van der Waals surface area contributed by atoms with Gasteiger partial charge in [0.25, 0.3) is 11.8 Å². The van der Waals surface area contributed by atoms with Crippen LogP contribution in [0.5, 0.6) is 0 Å².